The number of nitrogens with one attached hydrogen (secondary N) is 2. The van der Waals surface area contributed by atoms with Crippen LogP contribution in [0.5, 0.6) is 11.6 Å². The Morgan fingerprint density at radius 1 is 1.40 bits per heavy atom. The van der Waals surface area contributed by atoms with E-state index in [0.29, 0.717) is 5.88 Å². The van der Waals surface area contributed by atoms with Crippen LogP contribution in [0.15, 0.2) is 28.7 Å². The minimum atomic E-state index is 0.234. The average molecular weight is 338 g/mol. The molecule has 1 unspecified atom stereocenters. The van der Waals surface area contributed by atoms with Gasteiger partial charge in [0.05, 0.1) is 0 Å². The number of hydrogen-bond donors (Lipinski definition) is 2. The Labute approximate surface area is 128 Å². The second-order valence-electron chi connectivity index (χ2n) is 4.85. The lowest BCUT2D eigenvalue weighted by atomic mass is 10.1. The van der Waals surface area contributed by atoms with E-state index >= 15 is 0 Å². The molecule has 20 heavy (non-hydrogen) atoms. The summed E-state index contributed by atoms with van der Waals surface area (Å²) in [6.07, 6.45) is 1.11. The van der Waals surface area contributed by atoms with Gasteiger partial charge in [0.15, 0.2) is 0 Å². The first-order valence-corrected chi connectivity index (χ1v) is 7.62. The Kier molecular flexibility index (Phi) is 5.20. The highest BCUT2D eigenvalue weighted by Gasteiger charge is 2.13. The zero-order valence-electron chi connectivity index (χ0n) is 12.0. The van der Waals surface area contributed by atoms with Crippen LogP contribution in [-0.4, -0.2) is 16.7 Å². The molecule has 0 radical (unpaired) electrons. The van der Waals surface area contributed by atoms with Crippen LogP contribution in [0.1, 0.15) is 37.6 Å². The number of hydrogen-bond acceptors (Lipinski definition) is 3. The van der Waals surface area contributed by atoms with Crippen molar-refractivity contribution >= 4 is 15.9 Å². The molecule has 0 bridgehead atoms. The molecular formula is C15H20BrN3O. The van der Waals surface area contributed by atoms with E-state index in [0.717, 1.165) is 34.4 Å². The maximum Gasteiger partial charge on any atom is 0.238 e. The molecular weight excluding hydrogens is 318 g/mol. The zero-order valence-corrected chi connectivity index (χ0v) is 13.6. The van der Waals surface area contributed by atoms with Crippen molar-refractivity contribution in [1.82, 2.24) is 15.5 Å². The normalized spacial score (nSPS) is 12.4. The number of aromatic nitrogens is 2. The van der Waals surface area contributed by atoms with E-state index in [1.165, 1.54) is 0 Å². The molecule has 1 aromatic heterocycles. The Balaban J connectivity index is 2.23. The van der Waals surface area contributed by atoms with Gasteiger partial charge in [-0.1, -0.05) is 28.9 Å². The standard InChI is InChI=1S/C15H20BrN3O/c1-4-7-17-11(3)13-6-5-12(16)9-14(13)20-15-8-10(2)18-19-15/h5-6,8-9,11,17H,4,7H2,1-3H3,(H,18,19). The van der Waals surface area contributed by atoms with Crippen molar-refractivity contribution in [3.05, 3.63) is 40.0 Å². The van der Waals surface area contributed by atoms with Gasteiger partial charge in [-0.25, -0.2) is 0 Å². The first-order chi connectivity index (χ1) is 9.60. The molecule has 1 aromatic carbocycles. The molecule has 1 heterocycles. The van der Waals surface area contributed by atoms with Crippen molar-refractivity contribution in [3.63, 3.8) is 0 Å². The highest BCUT2D eigenvalue weighted by Crippen LogP contribution is 2.31. The molecule has 0 aliphatic carbocycles. The maximum atomic E-state index is 5.90. The smallest absolute Gasteiger partial charge is 0.238 e. The number of halogens is 1. The summed E-state index contributed by atoms with van der Waals surface area (Å²) in [7, 11) is 0. The quantitative estimate of drug-likeness (QED) is 0.824. The highest BCUT2D eigenvalue weighted by atomic mass is 79.9. The van der Waals surface area contributed by atoms with E-state index < -0.39 is 0 Å². The predicted octanol–water partition coefficient (Wildman–Crippen LogP) is 4.33. The lowest BCUT2D eigenvalue weighted by Crippen LogP contribution is -2.19. The van der Waals surface area contributed by atoms with Crippen molar-refractivity contribution in [2.45, 2.75) is 33.2 Å². The third-order valence-electron chi connectivity index (χ3n) is 3.04. The van der Waals surface area contributed by atoms with Crippen molar-refractivity contribution in [2.24, 2.45) is 0 Å². The first-order valence-electron chi connectivity index (χ1n) is 6.83. The van der Waals surface area contributed by atoms with Crippen molar-refractivity contribution < 1.29 is 4.74 Å². The van der Waals surface area contributed by atoms with Gasteiger partial charge in [0.1, 0.15) is 5.75 Å². The highest BCUT2D eigenvalue weighted by molar-refractivity contribution is 9.10. The minimum Gasteiger partial charge on any atom is -0.437 e. The van der Waals surface area contributed by atoms with Crippen molar-refractivity contribution in [2.75, 3.05) is 6.54 Å². The molecule has 5 heteroatoms. The van der Waals surface area contributed by atoms with E-state index in [-0.39, 0.29) is 6.04 Å². The number of benzene rings is 1. The van der Waals surface area contributed by atoms with E-state index in [2.05, 4.69) is 51.4 Å². The Bertz CT molecular complexity index is 568. The van der Waals surface area contributed by atoms with Crippen LogP contribution < -0.4 is 10.1 Å². The molecule has 0 spiro atoms. The molecule has 0 aliphatic rings. The fourth-order valence-corrected chi connectivity index (χ4v) is 2.32. The molecule has 0 saturated carbocycles. The van der Waals surface area contributed by atoms with Gasteiger partial charge < -0.3 is 10.1 Å². The summed E-state index contributed by atoms with van der Waals surface area (Å²) in [6.45, 7) is 7.23. The summed E-state index contributed by atoms with van der Waals surface area (Å²) in [5.41, 5.74) is 2.11. The molecule has 2 aromatic rings. The van der Waals surface area contributed by atoms with Gasteiger partial charge in [-0.05, 0) is 38.9 Å². The van der Waals surface area contributed by atoms with Gasteiger partial charge in [-0.15, -0.1) is 5.10 Å². The van der Waals surface area contributed by atoms with E-state index in [1.807, 2.05) is 25.1 Å². The number of nitrogens with zero attached hydrogens (tertiary/aromatic N) is 1. The van der Waals surface area contributed by atoms with Gasteiger partial charge in [-0.2, -0.15) is 0 Å². The molecule has 0 fully saturated rings. The number of H-pyrrole nitrogens is 1. The molecule has 4 nitrogen and oxygen atoms in total. The third-order valence-corrected chi connectivity index (χ3v) is 3.53. The van der Waals surface area contributed by atoms with Crippen LogP contribution in [0.4, 0.5) is 0 Å². The van der Waals surface area contributed by atoms with Gasteiger partial charge in [0, 0.05) is 27.8 Å². The zero-order chi connectivity index (χ0) is 14.5. The monoisotopic (exact) mass is 337 g/mol. The lowest BCUT2D eigenvalue weighted by Gasteiger charge is -2.17. The summed E-state index contributed by atoms with van der Waals surface area (Å²) in [4.78, 5) is 0. The van der Waals surface area contributed by atoms with Crippen molar-refractivity contribution in [3.8, 4) is 11.6 Å². The second-order valence-corrected chi connectivity index (χ2v) is 5.76. The Hall–Kier alpha value is -1.33. The van der Waals surface area contributed by atoms with Crippen LogP contribution in [0, 0.1) is 6.92 Å². The minimum absolute atomic E-state index is 0.234. The van der Waals surface area contributed by atoms with Crippen LogP contribution in [0.2, 0.25) is 0 Å². The molecule has 0 saturated heterocycles. The fourth-order valence-electron chi connectivity index (χ4n) is 1.98. The maximum absolute atomic E-state index is 5.90. The van der Waals surface area contributed by atoms with E-state index in [4.69, 9.17) is 4.74 Å². The molecule has 2 N–H and O–H groups in total. The number of ether oxygens (including phenoxy) is 1. The summed E-state index contributed by atoms with van der Waals surface area (Å²) in [6, 6.07) is 8.20. The molecule has 2 rings (SSSR count). The van der Waals surface area contributed by atoms with Gasteiger partial charge in [-0.3, -0.25) is 5.10 Å². The van der Waals surface area contributed by atoms with Crippen LogP contribution in [0.3, 0.4) is 0 Å². The SMILES string of the molecule is CCCNC(C)c1ccc(Br)cc1Oc1cc(C)[nH]n1. The summed E-state index contributed by atoms with van der Waals surface area (Å²) in [5, 5.41) is 10.5. The first kappa shape index (κ1) is 15.1. The average Bonchev–Trinajstić information content (AvgIpc) is 2.81. The Morgan fingerprint density at radius 3 is 2.85 bits per heavy atom. The summed E-state index contributed by atoms with van der Waals surface area (Å²) in [5.74, 6) is 1.41. The van der Waals surface area contributed by atoms with Gasteiger partial charge in [0.2, 0.25) is 5.88 Å². The van der Waals surface area contributed by atoms with Crippen molar-refractivity contribution in [1.29, 1.82) is 0 Å². The molecule has 0 aliphatic heterocycles. The fraction of sp³-hybridized carbons (Fsp3) is 0.400. The van der Waals surface area contributed by atoms with Crippen LogP contribution in [-0.2, 0) is 0 Å². The number of aryl methyl sites for hydroxylation is 1. The summed E-state index contributed by atoms with van der Waals surface area (Å²) >= 11 is 3.49. The van der Waals surface area contributed by atoms with Crippen LogP contribution >= 0.6 is 15.9 Å². The van der Waals surface area contributed by atoms with E-state index in [9.17, 15) is 0 Å². The predicted molar refractivity (Wildman–Crippen MR) is 84.2 cm³/mol. The van der Waals surface area contributed by atoms with Crippen LogP contribution in [0.25, 0.3) is 0 Å². The number of rotatable bonds is 6. The van der Waals surface area contributed by atoms with Gasteiger partial charge >= 0.3 is 0 Å². The van der Waals surface area contributed by atoms with Gasteiger partial charge in [0.25, 0.3) is 0 Å². The second kappa shape index (κ2) is 6.90. The number of aromatic amines is 1. The molecule has 108 valence electrons. The lowest BCUT2D eigenvalue weighted by molar-refractivity contribution is 0.443. The molecule has 0 amide bonds. The summed E-state index contributed by atoms with van der Waals surface area (Å²) < 4.78 is 6.89. The Morgan fingerprint density at radius 2 is 2.20 bits per heavy atom. The van der Waals surface area contributed by atoms with E-state index in [1.54, 1.807) is 0 Å². The molecule has 1 atom stereocenters. The topological polar surface area (TPSA) is 49.9 Å². The third kappa shape index (κ3) is 3.84. The largest absolute Gasteiger partial charge is 0.437 e.